The Balaban J connectivity index is 1.66. The van der Waals surface area contributed by atoms with Crippen molar-refractivity contribution in [3.05, 3.63) is 23.2 Å². The number of benzene rings is 1. The van der Waals surface area contributed by atoms with E-state index in [1.165, 1.54) is 32.1 Å². The van der Waals surface area contributed by atoms with Gasteiger partial charge in [-0.15, -0.1) is 0 Å². The van der Waals surface area contributed by atoms with Gasteiger partial charge in [0.15, 0.2) is 0 Å². The third-order valence-electron chi connectivity index (χ3n) is 5.27. The van der Waals surface area contributed by atoms with Crippen LogP contribution in [0.5, 0.6) is 0 Å². The summed E-state index contributed by atoms with van der Waals surface area (Å²) in [4.78, 5) is 14.7. The van der Waals surface area contributed by atoms with Crippen molar-refractivity contribution in [1.29, 1.82) is 0 Å². The Morgan fingerprint density at radius 3 is 2.54 bits per heavy atom. The van der Waals surface area contributed by atoms with Gasteiger partial charge >= 0.3 is 6.03 Å². The summed E-state index contributed by atoms with van der Waals surface area (Å²) in [5, 5.41) is 3.16. The lowest BCUT2D eigenvalue weighted by atomic mass is 9.83. The Hall–Kier alpha value is -1.47. The Kier molecular flexibility index (Phi) is 5.97. The highest BCUT2D eigenvalue weighted by molar-refractivity contribution is 7.92. The molecule has 1 aliphatic heterocycles. The molecule has 2 fully saturated rings. The molecule has 2 amide bonds. The zero-order chi connectivity index (χ0) is 18.7. The first-order chi connectivity index (χ1) is 12.3. The molecule has 0 spiro atoms. The lowest BCUT2D eigenvalue weighted by Gasteiger charge is -2.34. The van der Waals surface area contributed by atoms with Crippen molar-refractivity contribution in [1.82, 2.24) is 4.90 Å². The van der Waals surface area contributed by atoms with Gasteiger partial charge in [-0.2, -0.15) is 0 Å². The van der Waals surface area contributed by atoms with Gasteiger partial charge in [-0.3, -0.25) is 4.72 Å². The van der Waals surface area contributed by atoms with Gasteiger partial charge in [-0.25, -0.2) is 13.2 Å². The van der Waals surface area contributed by atoms with Gasteiger partial charge in [0.05, 0.1) is 17.0 Å². The second kappa shape index (κ2) is 8.05. The fraction of sp³-hybridized carbons (Fsp3) is 0.611. The van der Waals surface area contributed by atoms with E-state index in [9.17, 15) is 13.2 Å². The highest BCUT2D eigenvalue weighted by Gasteiger charge is 2.35. The summed E-state index contributed by atoms with van der Waals surface area (Å²) in [7, 11) is -3.40. The maximum Gasteiger partial charge on any atom is 0.322 e. The second-order valence-electron chi connectivity index (χ2n) is 7.30. The molecular formula is C18H26ClN3O3S. The number of urea groups is 1. The number of rotatable bonds is 4. The minimum Gasteiger partial charge on any atom is -0.321 e. The fourth-order valence-corrected chi connectivity index (χ4v) is 4.99. The standard InChI is InChI=1S/C18H26ClN3O3S/c1-26(24,25)21-16-10-9-14(12-15(16)19)20-18(23)22-11-5-8-17(22)13-6-3-2-4-7-13/h9-10,12-13,17,21H,2-8,11H2,1H3,(H,20,23). The number of sulfonamides is 1. The molecule has 1 saturated carbocycles. The number of hydrogen-bond donors (Lipinski definition) is 2. The molecule has 1 atom stereocenters. The van der Waals surface area contributed by atoms with Crippen LogP contribution < -0.4 is 10.0 Å². The van der Waals surface area contributed by atoms with E-state index < -0.39 is 10.0 Å². The predicted octanol–water partition coefficient (Wildman–Crippen LogP) is 4.29. The molecule has 1 aliphatic carbocycles. The zero-order valence-corrected chi connectivity index (χ0v) is 16.6. The molecular weight excluding hydrogens is 374 g/mol. The number of likely N-dealkylation sites (tertiary alicyclic amines) is 1. The maximum atomic E-state index is 12.8. The Bertz CT molecular complexity index is 763. The van der Waals surface area contributed by atoms with E-state index in [4.69, 9.17) is 11.6 Å². The van der Waals surface area contributed by atoms with Crippen LogP contribution in [0.15, 0.2) is 18.2 Å². The summed E-state index contributed by atoms with van der Waals surface area (Å²) in [6.45, 7) is 0.786. The number of nitrogens with zero attached hydrogens (tertiary/aromatic N) is 1. The summed E-state index contributed by atoms with van der Waals surface area (Å²) in [6, 6.07) is 5.01. The van der Waals surface area contributed by atoms with Crippen LogP contribution in [-0.4, -0.2) is 38.2 Å². The van der Waals surface area contributed by atoms with E-state index in [0.717, 1.165) is 25.6 Å². The Labute approximate surface area is 160 Å². The van der Waals surface area contributed by atoms with Gasteiger partial charge in [-0.05, 0) is 49.8 Å². The van der Waals surface area contributed by atoms with Gasteiger partial charge < -0.3 is 10.2 Å². The average molecular weight is 400 g/mol. The molecule has 1 heterocycles. The predicted molar refractivity (Wildman–Crippen MR) is 105 cm³/mol. The van der Waals surface area contributed by atoms with Crippen LogP contribution in [-0.2, 0) is 10.0 Å². The van der Waals surface area contributed by atoms with Gasteiger partial charge in [-0.1, -0.05) is 30.9 Å². The van der Waals surface area contributed by atoms with Crippen molar-refractivity contribution < 1.29 is 13.2 Å². The quantitative estimate of drug-likeness (QED) is 0.792. The van der Waals surface area contributed by atoms with Crippen molar-refractivity contribution >= 4 is 39.0 Å². The number of halogens is 1. The molecule has 2 N–H and O–H groups in total. The molecule has 1 unspecified atom stereocenters. The van der Waals surface area contributed by atoms with Crippen LogP contribution >= 0.6 is 11.6 Å². The summed E-state index contributed by atoms with van der Waals surface area (Å²) in [5.74, 6) is 0.613. The topological polar surface area (TPSA) is 78.5 Å². The van der Waals surface area contributed by atoms with Crippen LogP contribution in [0.25, 0.3) is 0 Å². The van der Waals surface area contributed by atoms with Crippen molar-refractivity contribution in [3.63, 3.8) is 0 Å². The zero-order valence-electron chi connectivity index (χ0n) is 15.0. The molecule has 144 valence electrons. The van der Waals surface area contributed by atoms with Crippen LogP contribution in [0.1, 0.15) is 44.9 Å². The molecule has 2 aliphatic rings. The van der Waals surface area contributed by atoms with Crippen molar-refractivity contribution in [2.75, 3.05) is 22.8 Å². The molecule has 1 aromatic carbocycles. The molecule has 26 heavy (non-hydrogen) atoms. The van der Waals surface area contributed by atoms with E-state index in [1.54, 1.807) is 18.2 Å². The monoisotopic (exact) mass is 399 g/mol. The smallest absolute Gasteiger partial charge is 0.321 e. The van der Waals surface area contributed by atoms with Gasteiger partial charge in [0.1, 0.15) is 0 Å². The van der Waals surface area contributed by atoms with Gasteiger partial charge in [0.2, 0.25) is 10.0 Å². The molecule has 6 nitrogen and oxygen atoms in total. The Morgan fingerprint density at radius 2 is 1.88 bits per heavy atom. The Morgan fingerprint density at radius 1 is 1.15 bits per heavy atom. The summed E-state index contributed by atoms with van der Waals surface area (Å²) in [5.41, 5.74) is 0.863. The lowest BCUT2D eigenvalue weighted by Crippen LogP contribution is -2.43. The highest BCUT2D eigenvalue weighted by Crippen LogP contribution is 2.35. The third kappa shape index (κ3) is 4.82. The van der Waals surface area contributed by atoms with Crippen LogP contribution in [0.4, 0.5) is 16.2 Å². The lowest BCUT2D eigenvalue weighted by molar-refractivity contribution is 0.166. The van der Waals surface area contributed by atoms with E-state index in [1.807, 2.05) is 4.90 Å². The summed E-state index contributed by atoms with van der Waals surface area (Å²) < 4.78 is 25.0. The third-order valence-corrected chi connectivity index (χ3v) is 6.17. The van der Waals surface area contributed by atoms with Crippen molar-refractivity contribution in [2.45, 2.75) is 51.0 Å². The van der Waals surface area contributed by atoms with Crippen molar-refractivity contribution in [2.24, 2.45) is 5.92 Å². The summed E-state index contributed by atoms with van der Waals surface area (Å²) in [6.07, 6.45) is 9.46. The van der Waals surface area contributed by atoms with Gasteiger partial charge in [0, 0.05) is 18.3 Å². The molecule has 1 aromatic rings. The molecule has 8 heteroatoms. The number of carbonyl (C=O) groups is 1. The number of nitrogens with one attached hydrogen (secondary N) is 2. The fourth-order valence-electron chi connectivity index (χ4n) is 4.12. The van der Waals surface area contributed by atoms with Crippen LogP contribution in [0.3, 0.4) is 0 Å². The molecule has 0 aromatic heterocycles. The normalized spacial score (nSPS) is 21.6. The van der Waals surface area contributed by atoms with E-state index >= 15 is 0 Å². The molecule has 1 saturated heterocycles. The van der Waals surface area contributed by atoms with E-state index in [2.05, 4.69) is 10.0 Å². The molecule has 0 bridgehead atoms. The first kappa shape index (κ1) is 19.3. The number of carbonyl (C=O) groups excluding carboxylic acids is 1. The van der Waals surface area contributed by atoms with Gasteiger partial charge in [0.25, 0.3) is 0 Å². The largest absolute Gasteiger partial charge is 0.322 e. The average Bonchev–Trinajstić information content (AvgIpc) is 3.07. The summed E-state index contributed by atoms with van der Waals surface area (Å²) >= 11 is 6.14. The minimum absolute atomic E-state index is 0.0991. The number of hydrogen-bond acceptors (Lipinski definition) is 3. The first-order valence-corrected chi connectivity index (χ1v) is 11.5. The van der Waals surface area contributed by atoms with Crippen LogP contribution in [0, 0.1) is 5.92 Å². The molecule has 3 rings (SSSR count). The number of anilines is 2. The first-order valence-electron chi connectivity index (χ1n) is 9.18. The number of amides is 2. The van der Waals surface area contributed by atoms with Crippen molar-refractivity contribution in [3.8, 4) is 0 Å². The molecule has 0 radical (unpaired) electrons. The van der Waals surface area contributed by atoms with E-state index in [0.29, 0.717) is 23.3 Å². The second-order valence-corrected chi connectivity index (χ2v) is 9.46. The van der Waals surface area contributed by atoms with E-state index in [-0.39, 0.29) is 11.1 Å². The minimum atomic E-state index is -3.40. The van der Waals surface area contributed by atoms with Crippen LogP contribution in [0.2, 0.25) is 5.02 Å². The maximum absolute atomic E-state index is 12.8. The SMILES string of the molecule is CS(=O)(=O)Nc1ccc(NC(=O)N2CCCC2C2CCCCC2)cc1Cl. The highest BCUT2D eigenvalue weighted by atomic mass is 35.5.